The van der Waals surface area contributed by atoms with Crippen LogP contribution in [0, 0.1) is 5.82 Å². The Morgan fingerprint density at radius 3 is 2.25 bits per heavy atom. The fourth-order valence-electron chi connectivity index (χ4n) is 2.05. The van der Waals surface area contributed by atoms with E-state index in [1.54, 1.807) is 19.1 Å². The fraction of sp³-hybridized carbons (Fsp3) is 0.235. The lowest BCUT2D eigenvalue weighted by atomic mass is 10.1. The molecule has 2 aromatic rings. The summed E-state index contributed by atoms with van der Waals surface area (Å²) < 4.78 is 40.9. The first-order valence-electron chi connectivity index (χ1n) is 7.23. The van der Waals surface area contributed by atoms with E-state index in [2.05, 4.69) is 5.32 Å². The summed E-state index contributed by atoms with van der Waals surface area (Å²) >= 11 is 0. The molecule has 0 saturated heterocycles. The Hall–Kier alpha value is -2.41. The van der Waals surface area contributed by atoms with Crippen LogP contribution in [0.5, 0.6) is 5.75 Å². The molecule has 1 N–H and O–H groups in total. The predicted octanol–water partition coefficient (Wildman–Crippen LogP) is 2.49. The van der Waals surface area contributed by atoms with E-state index < -0.39 is 9.84 Å². The average Bonchev–Trinajstić information content (AvgIpc) is 2.53. The van der Waals surface area contributed by atoms with Crippen LogP contribution in [-0.4, -0.2) is 27.2 Å². The van der Waals surface area contributed by atoms with Gasteiger partial charge in [-0.05, 0) is 48.9 Å². The molecule has 0 saturated carbocycles. The standard InChI is InChI=1S/C17H18FNO4S/c1-12(13-3-9-16(10-4-13)24(2,21)22)19-17(20)11-23-15-7-5-14(18)6-8-15/h3-10,12H,11H2,1-2H3,(H,19,20). The molecule has 2 rings (SSSR count). The van der Waals surface area contributed by atoms with Gasteiger partial charge in [0, 0.05) is 6.26 Å². The van der Waals surface area contributed by atoms with Crippen molar-refractivity contribution in [3.8, 4) is 5.75 Å². The number of rotatable bonds is 6. The van der Waals surface area contributed by atoms with Gasteiger partial charge in [0.25, 0.3) is 5.91 Å². The van der Waals surface area contributed by atoms with E-state index >= 15 is 0 Å². The maximum atomic E-state index is 12.8. The molecule has 128 valence electrons. The predicted molar refractivity (Wildman–Crippen MR) is 88.0 cm³/mol. The number of amides is 1. The van der Waals surface area contributed by atoms with Gasteiger partial charge < -0.3 is 10.1 Å². The molecule has 0 aromatic heterocycles. The largest absolute Gasteiger partial charge is 0.484 e. The Kier molecular flexibility index (Phi) is 5.56. The van der Waals surface area contributed by atoms with Crippen molar-refractivity contribution in [1.29, 1.82) is 0 Å². The molecule has 2 aromatic carbocycles. The van der Waals surface area contributed by atoms with Crippen molar-refractivity contribution in [3.63, 3.8) is 0 Å². The minimum atomic E-state index is -3.24. The van der Waals surface area contributed by atoms with Crippen molar-refractivity contribution in [1.82, 2.24) is 5.32 Å². The molecule has 1 unspecified atom stereocenters. The van der Waals surface area contributed by atoms with Crippen molar-refractivity contribution in [2.75, 3.05) is 12.9 Å². The van der Waals surface area contributed by atoms with E-state index in [-0.39, 0.29) is 29.3 Å². The molecule has 1 amide bonds. The van der Waals surface area contributed by atoms with Crippen LogP contribution in [0.2, 0.25) is 0 Å². The third-order valence-electron chi connectivity index (χ3n) is 3.37. The van der Waals surface area contributed by atoms with Crippen LogP contribution < -0.4 is 10.1 Å². The molecule has 7 heteroatoms. The van der Waals surface area contributed by atoms with Gasteiger partial charge in [-0.1, -0.05) is 12.1 Å². The molecule has 0 fully saturated rings. The number of nitrogens with one attached hydrogen (secondary N) is 1. The first kappa shape index (κ1) is 17.9. The zero-order valence-electron chi connectivity index (χ0n) is 13.3. The highest BCUT2D eigenvalue weighted by atomic mass is 32.2. The second-order valence-electron chi connectivity index (χ2n) is 5.37. The van der Waals surface area contributed by atoms with Crippen LogP contribution in [0.4, 0.5) is 4.39 Å². The average molecular weight is 351 g/mol. The summed E-state index contributed by atoms with van der Waals surface area (Å²) in [6.45, 7) is 1.59. The number of benzene rings is 2. The summed E-state index contributed by atoms with van der Waals surface area (Å²) in [6, 6.07) is 11.4. The Balaban J connectivity index is 1.90. The van der Waals surface area contributed by atoms with Crippen LogP contribution in [0.1, 0.15) is 18.5 Å². The van der Waals surface area contributed by atoms with Crippen LogP contribution in [0.15, 0.2) is 53.4 Å². The number of ether oxygens (including phenoxy) is 1. The van der Waals surface area contributed by atoms with Gasteiger partial charge in [0.2, 0.25) is 0 Å². The third-order valence-corrected chi connectivity index (χ3v) is 4.50. The zero-order valence-corrected chi connectivity index (χ0v) is 14.1. The lowest BCUT2D eigenvalue weighted by Crippen LogP contribution is -2.31. The third kappa shape index (κ3) is 5.06. The number of carbonyl (C=O) groups is 1. The van der Waals surface area contributed by atoms with Crippen molar-refractivity contribution in [2.24, 2.45) is 0 Å². The van der Waals surface area contributed by atoms with Crippen LogP contribution in [0.3, 0.4) is 0 Å². The highest BCUT2D eigenvalue weighted by Crippen LogP contribution is 2.16. The summed E-state index contributed by atoms with van der Waals surface area (Å²) in [6.07, 6.45) is 1.14. The van der Waals surface area contributed by atoms with E-state index in [0.717, 1.165) is 11.8 Å². The van der Waals surface area contributed by atoms with E-state index in [1.807, 2.05) is 0 Å². The molecule has 0 bridgehead atoms. The number of carbonyl (C=O) groups excluding carboxylic acids is 1. The molecular weight excluding hydrogens is 333 g/mol. The lowest BCUT2D eigenvalue weighted by molar-refractivity contribution is -0.123. The van der Waals surface area contributed by atoms with Crippen molar-refractivity contribution in [2.45, 2.75) is 17.9 Å². The van der Waals surface area contributed by atoms with Crippen molar-refractivity contribution >= 4 is 15.7 Å². The van der Waals surface area contributed by atoms with Gasteiger partial charge in [0.05, 0.1) is 10.9 Å². The van der Waals surface area contributed by atoms with E-state index in [1.165, 1.54) is 36.4 Å². The Morgan fingerprint density at radius 1 is 1.12 bits per heavy atom. The minimum Gasteiger partial charge on any atom is -0.484 e. The summed E-state index contributed by atoms with van der Waals surface area (Å²) in [5.41, 5.74) is 0.775. The smallest absolute Gasteiger partial charge is 0.258 e. The van der Waals surface area contributed by atoms with Crippen LogP contribution in [-0.2, 0) is 14.6 Å². The van der Waals surface area contributed by atoms with Gasteiger partial charge >= 0.3 is 0 Å². The summed E-state index contributed by atoms with van der Waals surface area (Å²) in [5.74, 6) is -0.311. The van der Waals surface area contributed by atoms with Gasteiger partial charge in [0.15, 0.2) is 16.4 Å². The fourth-order valence-corrected chi connectivity index (χ4v) is 2.68. The van der Waals surface area contributed by atoms with Gasteiger partial charge in [-0.2, -0.15) is 0 Å². The maximum Gasteiger partial charge on any atom is 0.258 e. The van der Waals surface area contributed by atoms with Gasteiger partial charge in [-0.3, -0.25) is 4.79 Å². The summed E-state index contributed by atoms with van der Waals surface area (Å²) in [5, 5.41) is 2.75. The van der Waals surface area contributed by atoms with Crippen LogP contribution in [0.25, 0.3) is 0 Å². The zero-order chi connectivity index (χ0) is 17.7. The lowest BCUT2D eigenvalue weighted by Gasteiger charge is -2.15. The molecular formula is C17H18FNO4S. The Bertz CT molecular complexity index is 801. The van der Waals surface area contributed by atoms with Crippen molar-refractivity contribution < 1.29 is 22.3 Å². The van der Waals surface area contributed by atoms with E-state index in [9.17, 15) is 17.6 Å². The molecule has 5 nitrogen and oxygen atoms in total. The minimum absolute atomic E-state index is 0.197. The number of hydrogen-bond acceptors (Lipinski definition) is 4. The SMILES string of the molecule is CC(NC(=O)COc1ccc(F)cc1)c1ccc(S(C)(=O)=O)cc1. The second-order valence-corrected chi connectivity index (χ2v) is 7.39. The normalized spacial score (nSPS) is 12.5. The Morgan fingerprint density at radius 2 is 1.71 bits per heavy atom. The van der Waals surface area contributed by atoms with Gasteiger partial charge in [-0.25, -0.2) is 12.8 Å². The highest BCUT2D eigenvalue weighted by molar-refractivity contribution is 7.90. The summed E-state index contributed by atoms with van der Waals surface area (Å²) in [7, 11) is -3.24. The first-order chi connectivity index (χ1) is 11.3. The van der Waals surface area contributed by atoms with E-state index in [4.69, 9.17) is 4.74 Å². The molecule has 0 aliphatic carbocycles. The number of hydrogen-bond donors (Lipinski definition) is 1. The molecule has 0 aliphatic heterocycles. The monoisotopic (exact) mass is 351 g/mol. The van der Waals surface area contributed by atoms with Crippen molar-refractivity contribution in [3.05, 3.63) is 59.9 Å². The quantitative estimate of drug-likeness (QED) is 0.868. The molecule has 0 spiro atoms. The molecule has 0 aliphatic rings. The topological polar surface area (TPSA) is 72.5 Å². The first-order valence-corrected chi connectivity index (χ1v) is 9.12. The number of sulfone groups is 1. The second kappa shape index (κ2) is 7.44. The number of halogens is 1. The molecule has 0 heterocycles. The molecule has 1 atom stereocenters. The van der Waals surface area contributed by atoms with Gasteiger partial charge in [0.1, 0.15) is 11.6 Å². The van der Waals surface area contributed by atoms with Gasteiger partial charge in [-0.15, -0.1) is 0 Å². The Labute approximate surface area is 140 Å². The summed E-state index contributed by atoms with van der Waals surface area (Å²) in [4.78, 5) is 12.1. The highest BCUT2D eigenvalue weighted by Gasteiger charge is 2.12. The maximum absolute atomic E-state index is 12.8. The molecule has 0 radical (unpaired) electrons. The van der Waals surface area contributed by atoms with E-state index in [0.29, 0.717) is 5.75 Å². The molecule has 24 heavy (non-hydrogen) atoms. The van der Waals surface area contributed by atoms with Crippen LogP contribution >= 0.6 is 0 Å².